The smallest absolute Gasteiger partial charge is 0.407 e. The summed E-state index contributed by atoms with van der Waals surface area (Å²) in [6.45, 7) is 0.183. The highest BCUT2D eigenvalue weighted by molar-refractivity contribution is 5.87. The van der Waals surface area contributed by atoms with Gasteiger partial charge in [0.1, 0.15) is 12.6 Å². The predicted molar refractivity (Wildman–Crippen MR) is 132 cm³/mol. The standard InChI is InChI=1S/C29H25NO4/c1-33-28(31)27(17-20-11-8-10-19-9-2-3-12-21(19)20)30-29(32)34-18-26-24-15-6-4-13-22(24)23-14-5-7-16-25(23)26/h2-16,26-27H,17-18H2,1H3,(H,30,32)/t27-/m0/s1. The van der Waals surface area contributed by atoms with E-state index in [1.807, 2.05) is 66.7 Å². The third-order valence-electron chi connectivity index (χ3n) is 6.43. The molecular weight excluding hydrogens is 426 g/mol. The molecule has 0 radical (unpaired) electrons. The van der Waals surface area contributed by atoms with Crippen LogP contribution in [0.15, 0.2) is 91.0 Å². The molecule has 0 fully saturated rings. The molecule has 0 aliphatic heterocycles. The number of esters is 1. The lowest BCUT2D eigenvalue weighted by atomic mass is 9.98. The zero-order valence-corrected chi connectivity index (χ0v) is 18.9. The lowest BCUT2D eigenvalue weighted by Crippen LogP contribution is -2.43. The average molecular weight is 452 g/mol. The summed E-state index contributed by atoms with van der Waals surface area (Å²) in [5.74, 6) is -0.561. The molecule has 0 saturated carbocycles. The lowest BCUT2D eigenvalue weighted by molar-refractivity contribution is -0.142. The lowest BCUT2D eigenvalue weighted by Gasteiger charge is -2.19. The predicted octanol–water partition coefficient (Wildman–Crippen LogP) is 5.46. The number of hydrogen-bond donors (Lipinski definition) is 1. The minimum atomic E-state index is -0.855. The van der Waals surface area contributed by atoms with E-state index >= 15 is 0 Å². The van der Waals surface area contributed by atoms with Crippen molar-refractivity contribution in [1.29, 1.82) is 0 Å². The topological polar surface area (TPSA) is 64.6 Å². The fraction of sp³-hybridized carbons (Fsp3) is 0.172. The maximum absolute atomic E-state index is 12.8. The molecule has 5 rings (SSSR count). The Morgan fingerprint density at radius 1 is 0.824 bits per heavy atom. The number of amides is 1. The Morgan fingerprint density at radius 2 is 1.44 bits per heavy atom. The van der Waals surface area contributed by atoms with Gasteiger partial charge in [0.25, 0.3) is 0 Å². The number of methoxy groups -OCH3 is 1. The van der Waals surface area contributed by atoms with Gasteiger partial charge in [0.05, 0.1) is 7.11 Å². The summed E-state index contributed by atoms with van der Waals surface area (Å²) >= 11 is 0. The van der Waals surface area contributed by atoms with E-state index in [1.165, 1.54) is 7.11 Å². The highest BCUT2D eigenvalue weighted by Crippen LogP contribution is 2.44. The number of carbonyl (C=O) groups is 2. The van der Waals surface area contributed by atoms with Gasteiger partial charge in [0.2, 0.25) is 0 Å². The monoisotopic (exact) mass is 451 g/mol. The van der Waals surface area contributed by atoms with Crippen LogP contribution >= 0.6 is 0 Å². The minimum absolute atomic E-state index is 0.0483. The van der Waals surface area contributed by atoms with Crippen LogP contribution in [0.5, 0.6) is 0 Å². The molecule has 0 saturated heterocycles. The molecule has 0 spiro atoms. The summed E-state index contributed by atoms with van der Waals surface area (Å²) in [6.07, 6.45) is -0.337. The van der Waals surface area contributed by atoms with Crippen LogP contribution in [0.25, 0.3) is 21.9 Å². The van der Waals surface area contributed by atoms with Gasteiger partial charge in [-0.05, 0) is 38.6 Å². The fourth-order valence-electron chi connectivity index (χ4n) is 4.81. The van der Waals surface area contributed by atoms with Gasteiger partial charge in [0, 0.05) is 12.3 Å². The number of rotatable bonds is 6. The average Bonchev–Trinajstić information content (AvgIpc) is 3.20. The maximum Gasteiger partial charge on any atom is 0.407 e. The van der Waals surface area contributed by atoms with Gasteiger partial charge < -0.3 is 14.8 Å². The van der Waals surface area contributed by atoms with E-state index < -0.39 is 18.1 Å². The molecule has 1 atom stereocenters. The van der Waals surface area contributed by atoms with E-state index in [4.69, 9.17) is 9.47 Å². The van der Waals surface area contributed by atoms with Crippen molar-refractivity contribution in [3.63, 3.8) is 0 Å². The van der Waals surface area contributed by atoms with Crippen molar-refractivity contribution in [3.05, 3.63) is 108 Å². The molecular formula is C29H25NO4. The quantitative estimate of drug-likeness (QED) is 0.395. The second kappa shape index (κ2) is 9.40. The number of ether oxygens (including phenoxy) is 2. The van der Waals surface area contributed by atoms with Crippen LogP contribution in [0.4, 0.5) is 4.79 Å². The van der Waals surface area contributed by atoms with Crippen LogP contribution in [-0.2, 0) is 20.7 Å². The molecule has 34 heavy (non-hydrogen) atoms. The van der Waals surface area contributed by atoms with Crippen molar-refractivity contribution < 1.29 is 19.1 Å². The zero-order chi connectivity index (χ0) is 23.5. The Kier molecular flexibility index (Phi) is 6.00. The molecule has 170 valence electrons. The van der Waals surface area contributed by atoms with Crippen molar-refractivity contribution in [1.82, 2.24) is 5.32 Å². The van der Waals surface area contributed by atoms with E-state index in [0.29, 0.717) is 6.42 Å². The van der Waals surface area contributed by atoms with E-state index in [1.54, 1.807) is 0 Å². The van der Waals surface area contributed by atoms with Gasteiger partial charge in [-0.1, -0.05) is 91.0 Å². The second-order valence-corrected chi connectivity index (χ2v) is 8.39. The van der Waals surface area contributed by atoms with E-state index in [2.05, 4.69) is 29.6 Å². The molecule has 0 aromatic heterocycles. The van der Waals surface area contributed by atoms with Gasteiger partial charge in [-0.3, -0.25) is 0 Å². The van der Waals surface area contributed by atoms with Crippen molar-refractivity contribution in [3.8, 4) is 11.1 Å². The second-order valence-electron chi connectivity index (χ2n) is 8.39. The number of hydrogen-bond acceptors (Lipinski definition) is 4. The summed E-state index contributed by atoms with van der Waals surface area (Å²) in [5, 5.41) is 4.83. The number of fused-ring (bicyclic) bond motifs is 4. The number of carbonyl (C=O) groups excluding carboxylic acids is 2. The largest absolute Gasteiger partial charge is 0.467 e. The molecule has 0 bridgehead atoms. The number of nitrogens with one attached hydrogen (secondary N) is 1. The van der Waals surface area contributed by atoms with Gasteiger partial charge in [-0.2, -0.15) is 0 Å². The van der Waals surface area contributed by atoms with Crippen LogP contribution in [-0.4, -0.2) is 31.8 Å². The van der Waals surface area contributed by atoms with Crippen molar-refractivity contribution in [2.45, 2.75) is 18.4 Å². The van der Waals surface area contributed by atoms with Crippen LogP contribution < -0.4 is 5.32 Å². The summed E-state index contributed by atoms with van der Waals surface area (Å²) in [7, 11) is 1.32. The summed E-state index contributed by atoms with van der Waals surface area (Å²) < 4.78 is 10.6. The molecule has 1 aliphatic rings. The molecule has 5 nitrogen and oxygen atoms in total. The van der Waals surface area contributed by atoms with Crippen LogP contribution in [0.3, 0.4) is 0 Å². The van der Waals surface area contributed by atoms with Gasteiger partial charge in [-0.25, -0.2) is 9.59 Å². The number of alkyl carbamates (subject to hydrolysis) is 1. The number of benzene rings is 4. The Balaban J connectivity index is 1.31. The van der Waals surface area contributed by atoms with Crippen molar-refractivity contribution >= 4 is 22.8 Å². The third kappa shape index (κ3) is 4.13. The Bertz CT molecular complexity index is 1310. The molecule has 0 heterocycles. The minimum Gasteiger partial charge on any atom is -0.467 e. The summed E-state index contributed by atoms with van der Waals surface area (Å²) in [6, 6.07) is 29.3. The van der Waals surface area contributed by atoms with E-state index in [0.717, 1.165) is 38.6 Å². The first-order valence-corrected chi connectivity index (χ1v) is 11.3. The SMILES string of the molecule is COC(=O)[C@H](Cc1cccc2ccccc12)NC(=O)OCC1c2ccccc2-c2ccccc21. The van der Waals surface area contributed by atoms with Crippen molar-refractivity contribution in [2.24, 2.45) is 0 Å². The normalized spacial score (nSPS) is 13.1. The molecule has 4 aromatic rings. The summed E-state index contributed by atoms with van der Waals surface area (Å²) in [4.78, 5) is 25.3. The molecule has 1 amide bonds. The first-order chi connectivity index (χ1) is 16.7. The molecule has 4 aromatic carbocycles. The molecule has 1 aliphatic carbocycles. The zero-order valence-electron chi connectivity index (χ0n) is 18.9. The first kappa shape index (κ1) is 21.7. The maximum atomic E-state index is 12.8. The fourth-order valence-corrected chi connectivity index (χ4v) is 4.81. The molecule has 5 heteroatoms. The van der Waals surface area contributed by atoms with Gasteiger partial charge >= 0.3 is 12.1 Å². The van der Waals surface area contributed by atoms with Crippen LogP contribution in [0.2, 0.25) is 0 Å². The van der Waals surface area contributed by atoms with Crippen molar-refractivity contribution in [2.75, 3.05) is 13.7 Å². The van der Waals surface area contributed by atoms with Crippen LogP contribution in [0.1, 0.15) is 22.6 Å². The van der Waals surface area contributed by atoms with Gasteiger partial charge in [-0.15, -0.1) is 0 Å². The van der Waals surface area contributed by atoms with Gasteiger partial charge in [0.15, 0.2) is 0 Å². The highest BCUT2D eigenvalue weighted by Gasteiger charge is 2.30. The van der Waals surface area contributed by atoms with E-state index in [-0.39, 0.29) is 12.5 Å². The first-order valence-electron chi connectivity index (χ1n) is 11.3. The summed E-state index contributed by atoms with van der Waals surface area (Å²) in [5.41, 5.74) is 5.55. The molecule has 1 N–H and O–H groups in total. The highest BCUT2D eigenvalue weighted by atomic mass is 16.6. The molecule has 0 unspecified atom stereocenters. The Labute approximate surface area is 198 Å². The van der Waals surface area contributed by atoms with Crippen LogP contribution in [0, 0.1) is 0 Å². The van der Waals surface area contributed by atoms with E-state index in [9.17, 15) is 9.59 Å². The third-order valence-corrected chi connectivity index (χ3v) is 6.43. The Morgan fingerprint density at radius 3 is 2.15 bits per heavy atom. The Hall–Kier alpha value is -4.12.